The zero-order valence-electron chi connectivity index (χ0n) is 15.8. The number of fused-ring (bicyclic) bond motifs is 2. The number of aromatic nitrogens is 3. The molecule has 0 amide bonds. The molecular weight excluding hydrogens is 537 g/mol. The number of imidazole rings is 1. The second-order valence-corrected chi connectivity index (χ2v) is 6.64. The first-order valence-corrected chi connectivity index (χ1v) is 11.5. The molecule has 0 bridgehead atoms. The molecule has 0 aliphatic heterocycles. The van der Waals surface area contributed by atoms with Crippen LogP contribution in [0.3, 0.4) is 0 Å². The van der Waals surface area contributed by atoms with Gasteiger partial charge in [-0.2, -0.15) is 0 Å². The Morgan fingerprint density at radius 3 is 2.52 bits per heavy atom. The van der Waals surface area contributed by atoms with Crippen molar-refractivity contribution in [3.05, 3.63) is 68.2 Å². The Hall–Kier alpha value is -1.70. The Morgan fingerprint density at radius 2 is 1.74 bits per heavy atom. The van der Waals surface area contributed by atoms with Gasteiger partial charge in [0.25, 0.3) is 0 Å². The van der Waals surface area contributed by atoms with Crippen molar-refractivity contribution < 1.29 is 18.8 Å². The summed E-state index contributed by atoms with van der Waals surface area (Å²) in [6.45, 7) is 5.49. The first kappa shape index (κ1) is 21.6. The maximum absolute atomic E-state index is 4.93. The van der Waals surface area contributed by atoms with E-state index in [1.54, 1.807) is 18.8 Å². The summed E-state index contributed by atoms with van der Waals surface area (Å²) in [5, 5.41) is 1.15. The summed E-state index contributed by atoms with van der Waals surface area (Å²) in [5.41, 5.74) is 4.36. The summed E-state index contributed by atoms with van der Waals surface area (Å²) in [5.74, 6) is 1.67. The summed E-state index contributed by atoms with van der Waals surface area (Å²) < 4.78 is 2.35. The number of hydrogen-bond acceptors (Lipinski definition) is 2. The minimum absolute atomic E-state index is 0. The molecule has 4 aromatic rings. The van der Waals surface area contributed by atoms with Crippen LogP contribution in [0, 0.1) is 13.3 Å². The first-order chi connectivity index (χ1) is 12.7. The van der Waals surface area contributed by atoms with E-state index in [2.05, 4.69) is 75.3 Å². The predicted molar refractivity (Wildman–Crippen MR) is 112 cm³/mol. The van der Waals surface area contributed by atoms with Gasteiger partial charge in [0.05, 0.1) is 16.6 Å². The van der Waals surface area contributed by atoms with Gasteiger partial charge in [0.2, 0.25) is 0 Å². The van der Waals surface area contributed by atoms with Crippen LogP contribution in [0.5, 0.6) is 0 Å². The number of nitrogens with zero attached hydrogens (tertiary/aromatic N) is 3. The van der Waals surface area contributed by atoms with Gasteiger partial charge >= 0.3 is 28.2 Å². The molecule has 2 heterocycles. The van der Waals surface area contributed by atoms with Crippen molar-refractivity contribution in [3.63, 3.8) is 0 Å². The molecule has 0 spiro atoms. The van der Waals surface area contributed by atoms with E-state index in [-0.39, 0.29) is 7.43 Å². The topological polar surface area (TPSA) is 30.7 Å². The fraction of sp³-hybridized carbons (Fsp3) is 0.227. The van der Waals surface area contributed by atoms with Gasteiger partial charge in [-0.15, -0.1) is 0 Å². The molecule has 2 aromatic heterocycles. The van der Waals surface area contributed by atoms with Gasteiger partial charge in [-0.1, -0.05) is 44.2 Å². The zero-order valence-corrected chi connectivity index (χ0v) is 18.8. The summed E-state index contributed by atoms with van der Waals surface area (Å²) in [6.07, 6.45) is 2.98. The Morgan fingerprint density at radius 1 is 1.00 bits per heavy atom. The predicted octanol–water partition coefficient (Wildman–Crippen LogP) is 6.43. The van der Waals surface area contributed by atoms with E-state index in [9.17, 15) is 0 Å². The molecule has 5 heteroatoms. The van der Waals surface area contributed by atoms with Crippen molar-refractivity contribution in [2.45, 2.75) is 26.8 Å². The van der Waals surface area contributed by atoms with Crippen LogP contribution in [-0.4, -0.2) is 14.5 Å². The molecule has 0 saturated carbocycles. The van der Waals surface area contributed by atoms with Crippen molar-refractivity contribution in [1.82, 2.24) is 14.5 Å². The molecule has 0 aliphatic rings. The van der Waals surface area contributed by atoms with E-state index in [1.807, 2.05) is 18.3 Å². The molecule has 3 nitrogen and oxygen atoms in total. The summed E-state index contributed by atoms with van der Waals surface area (Å²) in [7, 11) is 4.61. The molecule has 0 N–H and O–H groups in total. The third-order valence-corrected chi connectivity index (χ3v) is 4.46. The molecule has 27 heavy (non-hydrogen) atoms. The summed E-state index contributed by atoms with van der Waals surface area (Å²) in [6, 6.07) is 18.8. The van der Waals surface area contributed by atoms with Crippen LogP contribution in [-0.2, 0) is 25.3 Å². The van der Waals surface area contributed by atoms with Crippen LogP contribution in [0.1, 0.15) is 20.3 Å². The molecule has 4 rings (SSSR count). The Kier molecular flexibility index (Phi) is 8.01. The fourth-order valence-corrected chi connectivity index (χ4v) is 3.18. The molecule has 0 fully saturated rings. The number of para-hydroxylation sites is 3. The van der Waals surface area contributed by atoms with Crippen LogP contribution < -0.4 is 0 Å². The van der Waals surface area contributed by atoms with Crippen molar-refractivity contribution in [3.8, 4) is 11.4 Å². The van der Waals surface area contributed by atoms with Crippen LogP contribution in [0.25, 0.3) is 33.3 Å². The first-order valence-electron chi connectivity index (χ1n) is 8.65. The molecule has 144 valence electrons. The average Bonchev–Trinajstić information content (AvgIpc) is 3.06. The maximum atomic E-state index is 4.93. The van der Waals surface area contributed by atoms with E-state index in [4.69, 9.17) is 4.98 Å². The van der Waals surface area contributed by atoms with Crippen LogP contribution in [0.4, 0.5) is 0 Å². The molecule has 0 atom stereocenters. The van der Waals surface area contributed by atoms with E-state index in [0.717, 1.165) is 40.8 Å². The Bertz CT molecular complexity index is 1010. The molecular formula is C22H24ClN3Pt. The van der Waals surface area contributed by atoms with Gasteiger partial charge in [-0.3, -0.25) is 4.98 Å². The van der Waals surface area contributed by atoms with Gasteiger partial charge < -0.3 is 12.0 Å². The number of aryl methyl sites for hydroxylation is 1. The Balaban J connectivity index is 0.000000844. The molecule has 0 aliphatic carbocycles. The normalized spacial score (nSPS) is 10.6. The quantitative estimate of drug-likeness (QED) is 0.269. The summed E-state index contributed by atoms with van der Waals surface area (Å²) in [4.78, 5) is 9.54. The molecule has 2 aromatic carbocycles. The number of rotatable bonds is 4. The van der Waals surface area contributed by atoms with Crippen molar-refractivity contribution in [2.24, 2.45) is 5.92 Å². The number of hydrogen-bond donors (Lipinski definition) is 0. The third kappa shape index (κ3) is 4.59. The van der Waals surface area contributed by atoms with Gasteiger partial charge in [0.15, 0.2) is 0 Å². The van der Waals surface area contributed by atoms with Crippen molar-refractivity contribution >= 4 is 31.4 Å². The molecule has 0 unspecified atom stereocenters. The van der Waals surface area contributed by atoms with Crippen molar-refractivity contribution in [2.75, 3.05) is 0 Å². The van der Waals surface area contributed by atoms with Gasteiger partial charge in [-0.05, 0) is 36.6 Å². The second kappa shape index (κ2) is 10.0. The third-order valence-electron chi connectivity index (χ3n) is 4.46. The molecule has 0 radical (unpaired) electrons. The monoisotopic (exact) mass is 560 g/mol. The van der Waals surface area contributed by atoms with Gasteiger partial charge in [0, 0.05) is 23.7 Å². The number of pyridine rings is 1. The standard InChI is InChI=1S/C21H21N3.CH3.ClH.Pt/c1-15(2)12-14-24-19-11-4-3-10-18(19)23-21(24)17-9-5-7-16-8-6-13-22-20(16)17;;;/h3-11,13,15H,12,14H2,1-2H3;1H3;1H;/q;-1;;+2/p-1. The number of benzene rings is 2. The summed E-state index contributed by atoms with van der Waals surface area (Å²) >= 11 is 1.61. The van der Waals surface area contributed by atoms with Gasteiger partial charge in [-0.25, -0.2) is 4.98 Å². The fourth-order valence-electron chi connectivity index (χ4n) is 3.18. The second-order valence-electron chi connectivity index (χ2n) is 6.64. The van der Waals surface area contributed by atoms with E-state index >= 15 is 0 Å². The Labute approximate surface area is 176 Å². The number of halogens is 1. The SMILES string of the molecule is CC(C)CCn1c(-c2cccc3cccnc23)nc2ccccc21.[CH3-].[Cl][Pt+]. The van der Waals surface area contributed by atoms with Gasteiger partial charge in [0.1, 0.15) is 5.82 Å². The van der Waals surface area contributed by atoms with E-state index in [0.29, 0.717) is 5.92 Å². The zero-order chi connectivity index (χ0) is 18.5. The van der Waals surface area contributed by atoms with Crippen LogP contribution in [0.15, 0.2) is 60.8 Å². The average molecular weight is 561 g/mol. The molecule has 0 saturated heterocycles. The van der Waals surface area contributed by atoms with Crippen LogP contribution >= 0.6 is 9.42 Å². The van der Waals surface area contributed by atoms with Crippen molar-refractivity contribution in [1.29, 1.82) is 0 Å². The minimum atomic E-state index is 0. The van der Waals surface area contributed by atoms with Crippen LogP contribution in [0.2, 0.25) is 0 Å². The van der Waals surface area contributed by atoms with E-state index < -0.39 is 0 Å². The van der Waals surface area contributed by atoms with E-state index in [1.165, 1.54) is 5.52 Å².